The lowest BCUT2D eigenvalue weighted by Gasteiger charge is -2.33. The van der Waals surface area contributed by atoms with Crippen molar-refractivity contribution in [2.24, 2.45) is 0 Å². The molecule has 0 aliphatic carbocycles. The molecule has 1 amide bonds. The van der Waals surface area contributed by atoms with E-state index in [-0.39, 0.29) is 18.3 Å². The Morgan fingerprint density at radius 3 is 2.44 bits per heavy atom. The van der Waals surface area contributed by atoms with Crippen molar-refractivity contribution in [2.45, 2.75) is 33.4 Å². The lowest BCUT2D eigenvalue weighted by Crippen LogP contribution is -2.47. The molecule has 6 nitrogen and oxygen atoms in total. The summed E-state index contributed by atoms with van der Waals surface area (Å²) in [5, 5.41) is 1.84. The molecule has 0 saturated carbocycles. The van der Waals surface area contributed by atoms with Gasteiger partial charge in [0, 0.05) is 61.9 Å². The molecule has 0 spiro atoms. The second-order valence-corrected chi connectivity index (χ2v) is 11.1. The van der Waals surface area contributed by atoms with E-state index in [9.17, 15) is 4.79 Å². The van der Waals surface area contributed by atoms with Crippen LogP contribution in [-0.2, 0) is 19.5 Å². The first kappa shape index (κ1) is 27.5. The van der Waals surface area contributed by atoms with Gasteiger partial charge in [0.25, 0.3) is 5.91 Å². The quantitative estimate of drug-likeness (QED) is 0.318. The second kappa shape index (κ2) is 11.2. The predicted octanol–water partition coefficient (Wildman–Crippen LogP) is 5.73. The van der Waals surface area contributed by atoms with Gasteiger partial charge >= 0.3 is 0 Å². The van der Waals surface area contributed by atoms with Gasteiger partial charge in [-0.15, -0.1) is 12.4 Å². The fourth-order valence-corrected chi connectivity index (χ4v) is 6.05. The Morgan fingerprint density at radius 2 is 1.69 bits per heavy atom. The van der Waals surface area contributed by atoms with Gasteiger partial charge in [0.15, 0.2) is 5.82 Å². The highest BCUT2D eigenvalue weighted by molar-refractivity contribution is 6.30. The standard InChI is InChI=1S/C31H34ClN5O.ClH/c1-21-22(2)37(19-23-7-6-10-26(32)17-23)29-27(21)18-28(31(38)35-15-13-34(3)14-16-35)33-30(29)36-12-11-24-8-4-5-9-25(24)20-36;/h4-10,17-18H,11-16,19-20H2,1-3H3;1H. The molecule has 0 unspecified atom stereocenters. The van der Waals surface area contributed by atoms with E-state index in [2.05, 4.69) is 65.6 Å². The Labute approximate surface area is 241 Å². The van der Waals surface area contributed by atoms with Crippen molar-refractivity contribution in [3.63, 3.8) is 0 Å². The minimum atomic E-state index is 0. The highest BCUT2D eigenvalue weighted by Crippen LogP contribution is 2.36. The van der Waals surface area contributed by atoms with Crippen LogP contribution in [0.2, 0.25) is 5.02 Å². The Hall–Kier alpha value is -3.06. The Kier molecular flexibility index (Phi) is 7.90. The van der Waals surface area contributed by atoms with Gasteiger partial charge in [-0.3, -0.25) is 4.79 Å². The van der Waals surface area contributed by atoms with Gasteiger partial charge in [-0.25, -0.2) is 4.98 Å². The first-order valence-electron chi connectivity index (χ1n) is 13.4. The third kappa shape index (κ3) is 5.25. The molecule has 0 atom stereocenters. The number of hydrogen-bond acceptors (Lipinski definition) is 4. The normalized spacial score (nSPS) is 15.8. The van der Waals surface area contributed by atoms with Crippen molar-refractivity contribution < 1.29 is 4.79 Å². The molecular formula is C31H35Cl2N5O. The van der Waals surface area contributed by atoms with Gasteiger partial charge in [-0.2, -0.15) is 0 Å². The summed E-state index contributed by atoms with van der Waals surface area (Å²) in [5.74, 6) is 0.922. The molecule has 0 N–H and O–H groups in total. The first-order valence-corrected chi connectivity index (χ1v) is 13.8. The van der Waals surface area contributed by atoms with E-state index in [1.165, 1.54) is 22.4 Å². The average Bonchev–Trinajstić information content (AvgIpc) is 3.17. The fraction of sp³-hybridized carbons (Fsp3) is 0.355. The number of piperazine rings is 1. The van der Waals surface area contributed by atoms with Crippen LogP contribution in [0.25, 0.3) is 10.9 Å². The van der Waals surface area contributed by atoms with Crippen molar-refractivity contribution in [3.05, 3.63) is 93.3 Å². The smallest absolute Gasteiger partial charge is 0.272 e. The number of halogens is 2. The maximum atomic E-state index is 13.7. The van der Waals surface area contributed by atoms with E-state index < -0.39 is 0 Å². The van der Waals surface area contributed by atoms with E-state index in [1.54, 1.807) is 0 Å². The molecule has 39 heavy (non-hydrogen) atoms. The monoisotopic (exact) mass is 563 g/mol. The van der Waals surface area contributed by atoms with E-state index >= 15 is 0 Å². The van der Waals surface area contributed by atoms with Crippen molar-refractivity contribution >= 4 is 46.6 Å². The van der Waals surface area contributed by atoms with Crippen LogP contribution in [0, 0.1) is 13.8 Å². The zero-order chi connectivity index (χ0) is 26.4. The number of pyridine rings is 1. The van der Waals surface area contributed by atoms with Crippen LogP contribution in [0.4, 0.5) is 5.82 Å². The molecular weight excluding hydrogens is 529 g/mol. The zero-order valence-electron chi connectivity index (χ0n) is 22.8. The lowest BCUT2D eigenvalue weighted by molar-refractivity contribution is 0.0658. The number of rotatable bonds is 4. The summed E-state index contributed by atoms with van der Waals surface area (Å²) < 4.78 is 2.35. The largest absolute Gasteiger partial charge is 0.350 e. The van der Waals surface area contributed by atoms with E-state index in [4.69, 9.17) is 16.6 Å². The molecule has 2 aliphatic rings. The molecule has 4 heterocycles. The predicted molar refractivity (Wildman–Crippen MR) is 162 cm³/mol. The van der Waals surface area contributed by atoms with Crippen LogP contribution in [0.5, 0.6) is 0 Å². The molecule has 2 aliphatic heterocycles. The van der Waals surface area contributed by atoms with Crippen molar-refractivity contribution in [1.82, 2.24) is 19.4 Å². The summed E-state index contributed by atoms with van der Waals surface area (Å²) in [6.07, 6.45) is 0.961. The number of likely N-dealkylation sites (N-methyl/N-ethyl adjacent to an activating group) is 1. The summed E-state index contributed by atoms with van der Waals surface area (Å²) in [7, 11) is 2.10. The van der Waals surface area contributed by atoms with Gasteiger partial charge in [0.05, 0.1) is 5.52 Å². The number of anilines is 1. The highest BCUT2D eigenvalue weighted by atomic mass is 35.5. The number of hydrogen-bond donors (Lipinski definition) is 0. The second-order valence-electron chi connectivity index (χ2n) is 10.7. The zero-order valence-corrected chi connectivity index (χ0v) is 24.4. The number of carbonyl (C=O) groups excluding carboxylic acids is 1. The van der Waals surface area contributed by atoms with Crippen LogP contribution in [0.1, 0.15) is 38.4 Å². The first-order chi connectivity index (χ1) is 18.4. The molecule has 8 heteroatoms. The Bertz CT molecular complexity index is 1520. The minimum Gasteiger partial charge on any atom is -0.350 e. The Morgan fingerprint density at radius 1 is 0.949 bits per heavy atom. The van der Waals surface area contributed by atoms with Crippen LogP contribution in [0.15, 0.2) is 54.6 Å². The number of benzene rings is 2. The highest BCUT2D eigenvalue weighted by Gasteiger charge is 2.28. The van der Waals surface area contributed by atoms with Gasteiger partial charge in [0.1, 0.15) is 5.69 Å². The van der Waals surface area contributed by atoms with Gasteiger partial charge in [-0.05, 0) is 67.8 Å². The van der Waals surface area contributed by atoms with Gasteiger partial charge in [0.2, 0.25) is 0 Å². The Balaban J connectivity index is 0.00000308. The summed E-state index contributed by atoms with van der Waals surface area (Å²) >= 11 is 6.34. The summed E-state index contributed by atoms with van der Waals surface area (Å²) in [4.78, 5) is 25.4. The number of aryl methyl sites for hydroxylation is 1. The topological polar surface area (TPSA) is 44.6 Å². The van der Waals surface area contributed by atoms with E-state index in [0.717, 1.165) is 73.0 Å². The maximum absolute atomic E-state index is 13.7. The number of aromatic nitrogens is 2. The third-order valence-corrected chi connectivity index (χ3v) is 8.50. The SMILES string of the molecule is Cc1c(C)n(Cc2cccc(Cl)c2)c2c(N3CCc4ccccc4C3)nc(C(=O)N3CCN(C)CC3)cc12.Cl. The lowest BCUT2D eigenvalue weighted by atomic mass is 10.00. The third-order valence-electron chi connectivity index (χ3n) is 8.27. The maximum Gasteiger partial charge on any atom is 0.272 e. The van der Waals surface area contributed by atoms with Gasteiger partial charge < -0.3 is 19.3 Å². The van der Waals surface area contributed by atoms with Crippen LogP contribution >= 0.6 is 24.0 Å². The molecule has 6 rings (SSSR count). The van der Waals surface area contributed by atoms with Crippen LogP contribution in [0.3, 0.4) is 0 Å². The average molecular weight is 565 g/mol. The summed E-state index contributed by atoms with van der Waals surface area (Å²) in [5.41, 5.74) is 7.87. The van der Waals surface area contributed by atoms with Crippen LogP contribution in [-0.4, -0.2) is 65.0 Å². The van der Waals surface area contributed by atoms with Crippen LogP contribution < -0.4 is 4.90 Å². The molecule has 1 fully saturated rings. The molecule has 204 valence electrons. The number of amides is 1. The van der Waals surface area contributed by atoms with Gasteiger partial charge in [-0.1, -0.05) is 48.0 Å². The van der Waals surface area contributed by atoms with Crippen molar-refractivity contribution in [3.8, 4) is 0 Å². The molecule has 0 radical (unpaired) electrons. The fourth-order valence-electron chi connectivity index (χ4n) is 5.84. The van der Waals surface area contributed by atoms with E-state index in [0.29, 0.717) is 12.2 Å². The summed E-state index contributed by atoms with van der Waals surface area (Å²) in [6.45, 7) is 9.90. The summed E-state index contributed by atoms with van der Waals surface area (Å²) in [6, 6.07) is 18.7. The number of carbonyl (C=O) groups is 1. The number of nitrogens with zero attached hydrogens (tertiary/aromatic N) is 5. The minimum absolute atomic E-state index is 0. The number of fused-ring (bicyclic) bond motifs is 2. The molecule has 2 aromatic carbocycles. The van der Waals surface area contributed by atoms with Crippen molar-refractivity contribution in [1.29, 1.82) is 0 Å². The molecule has 1 saturated heterocycles. The molecule has 2 aromatic heterocycles. The van der Waals surface area contributed by atoms with Crippen molar-refractivity contribution in [2.75, 3.05) is 44.7 Å². The molecule has 4 aromatic rings. The van der Waals surface area contributed by atoms with E-state index in [1.807, 2.05) is 29.2 Å². The molecule has 0 bridgehead atoms.